The molecule has 0 saturated heterocycles. The van der Waals surface area contributed by atoms with Gasteiger partial charge in [-0.3, -0.25) is 0 Å². The summed E-state index contributed by atoms with van der Waals surface area (Å²) in [6, 6.07) is 5.35. The Bertz CT molecular complexity index is 889. The Morgan fingerprint density at radius 2 is 2.04 bits per heavy atom. The first kappa shape index (κ1) is 21.4. The highest BCUT2D eigenvalue weighted by Gasteiger charge is 2.10. The maximum absolute atomic E-state index is 11.7. The van der Waals surface area contributed by atoms with Crippen molar-refractivity contribution in [3.05, 3.63) is 45.4 Å². The molecular weight excluding hydrogens is 380 g/mol. The lowest BCUT2D eigenvalue weighted by atomic mass is 10.1. The van der Waals surface area contributed by atoms with Crippen LogP contribution < -0.4 is 10.6 Å². The molecule has 1 heterocycles. The molecule has 0 aliphatic carbocycles. The molecule has 1 aromatic carbocycles. The van der Waals surface area contributed by atoms with Gasteiger partial charge in [-0.05, 0) is 37.5 Å². The number of hydrogen-bond donors (Lipinski definition) is 2. The fraction of sp³-hybridized carbons (Fsp3) is 0.474. The molecule has 0 atom stereocenters. The van der Waals surface area contributed by atoms with Crippen LogP contribution in [0.2, 0.25) is 0 Å². The first-order valence-corrected chi connectivity index (χ1v) is 11.9. The van der Waals surface area contributed by atoms with E-state index in [-0.39, 0.29) is 0 Å². The van der Waals surface area contributed by atoms with Gasteiger partial charge in [0.1, 0.15) is 0 Å². The summed E-state index contributed by atoms with van der Waals surface area (Å²) in [5.41, 5.74) is 2.83. The Morgan fingerprint density at radius 1 is 1.26 bits per heavy atom. The molecular formula is C19H28N4O2S2. The largest absolute Gasteiger partial charge is 0.357 e. The minimum Gasteiger partial charge on any atom is -0.357 e. The third-order valence-corrected chi connectivity index (χ3v) is 6.28. The number of guanidine groups is 1. The number of thiazole rings is 1. The zero-order valence-corrected chi connectivity index (χ0v) is 18.0. The van der Waals surface area contributed by atoms with Gasteiger partial charge < -0.3 is 10.6 Å². The molecule has 0 radical (unpaired) electrons. The van der Waals surface area contributed by atoms with Gasteiger partial charge in [0, 0.05) is 31.1 Å². The van der Waals surface area contributed by atoms with E-state index in [0.29, 0.717) is 11.4 Å². The molecule has 6 nitrogen and oxygen atoms in total. The van der Waals surface area contributed by atoms with Crippen molar-refractivity contribution in [2.24, 2.45) is 4.99 Å². The monoisotopic (exact) mass is 408 g/mol. The summed E-state index contributed by atoms with van der Waals surface area (Å²) in [5.74, 6) is 0.744. The van der Waals surface area contributed by atoms with E-state index in [1.165, 1.54) is 11.3 Å². The van der Waals surface area contributed by atoms with Gasteiger partial charge in [0.05, 0.1) is 22.1 Å². The van der Waals surface area contributed by atoms with Crippen molar-refractivity contribution < 1.29 is 8.42 Å². The third-order valence-electron chi connectivity index (χ3n) is 3.98. The molecule has 0 bridgehead atoms. The Hall–Kier alpha value is -1.93. The fourth-order valence-electron chi connectivity index (χ4n) is 2.67. The molecule has 0 aliphatic heterocycles. The quantitative estimate of drug-likeness (QED) is 0.518. The molecule has 27 heavy (non-hydrogen) atoms. The Labute approximate surface area is 166 Å². The number of aliphatic imine (C=N–C) groups is 1. The lowest BCUT2D eigenvalue weighted by Crippen LogP contribution is -2.38. The van der Waals surface area contributed by atoms with Crippen molar-refractivity contribution in [2.75, 3.05) is 19.3 Å². The lowest BCUT2D eigenvalue weighted by molar-refractivity contribution is 0.601. The molecule has 0 unspecified atom stereocenters. The summed E-state index contributed by atoms with van der Waals surface area (Å²) in [7, 11) is -3.19. The topological polar surface area (TPSA) is 83.5 Å². The van der Waals surface area contributed by atoms with E-state index in [4.69, 9.17) is 0 Å². The number of sulfone groups is 1. The van der Waals surface area contributed by atoms with E-state index in [9.17, 15) is 8.42 Å². The number of nitrogens with one attached hydrogen (secondary N) is 2. The predicted molar refractivity (Wildman–Crippen MR) is 112 cm³/mol. The standard InChI is InChI=1S/C19H28N4O2S2/c1-5-18-23-16(13-26-18)9-10-21-19(20-6-2)22-12-15-7-8-17(14(3)11-15)27(4,24)25/h7-8,11,13H,5-6,9-10,12H2,1-4H3,(H2,20,21,22). The maximum Gasteiger partial charge on any atom is 0.191 e. The molecule has 2 aromatic rings. The van der Waals surface area contributed by atoms with Gasteiger partial charge in [-0.15, -0.1) is 11.3 Å². The number of rotatable bonds is 8. The predicted octanol–water partition coefficient (Wildman–Crippen LogP) is 2.72. The Kier molecular flexibility index (Phi) is 7.79. The minimum absolute atomic E-state index is 0.370. The van der Waals surface area contributed by atoms with Crippen molar-refractivity contribution in [2.45, 2.75) is 45.1 Å². The molecule has 148 valence electrons. The van der Waals surface area contributed by atoms with Gasteiger partial charge in [-0.2, -0.15) is 0 Å². The first-order chi connectivity index (χ1) is 12.8. The van der Waals surface area contributed by atoms with Gasteiger partial charge in [0.2, 0.25) is 0 Å². The molecule has 0 saturated carbocycles. The fourth-order valence-corrected chi connectivity index (χ4v) is 4.41. The van der Waals surface area contributed by atoms with Crippen LogP contribution in [-0.2, 0) is 29.2 Å². The number of nitrogens with zero attached hydrogens (tertiary/aromatic N) is 2. The lowest BCUT2D eigenvalue weighted by Gasteiger charge is -2.11. The number of aromatic nitrogens is 1. The average Bonchev–Trinajstić information content (AvgIpc) is 3.06. The second-order valence-corrected chi connectivity index (χ2v) is 9.26. The third kappa shape index (κ3) is 6.62. The summed E-state index contributed by atoms with van der Waals surface area (Å²) < 4.78 is 23.4. The number of hydrogen-bond acceptors (Lipinski definition) is 5. The van der Waals surface area contributed by atoms with Crippen LogP contribution in [-0.4, -0.2) is 38.7 Å². The first-order valence-electron chi connectivity index (χ1n) is 9.08. The highest BCUT2D eigenvalue weighted by Crippen LogP contribution is 2.17. The molecule has 2 rings (SSSR count). The van der Waals surface area contributed by atoms with Gasteiger partial charge in [-0.1, -0.05) is 19.1 Å². The van der Waals surface area contributed by atoms with Crippen LogP contribution in [0.5, 0.6) is 0 Å². The van der Waals surface area contributed by atoms with Crippen LogP contribution in [0.1, 0.15) is 35.7 Å². The van der Waals surface area contributed by atoms with Crippen molar-refractivity contribution in [3.8, 4) is 0 Å². The summed E-state index contributed by atoms with van der Waals surface area (Å²) in [4.78, 5) is 9.54. The molecule has 0 spiro atoms. The molecule has 1 aromatic heterocycles. The average molecular weight is 409 g/mol. The second-order valence-electron chi connectivity index (χ2n) is 6.33. The Morgan fingerprint density at radius 3 is 2.63 bits per heavy atom. The van der Waals surface area contributed by atoms with E-state index in [2.05, 4.69) is 32.9 Å². The summed E-state index contributed by atoms with van der Waals surface area (Å²) in [6.07, 6.45) is 3.05. The van der Waals surface area contributed by atoms with Crippen LogP contribution in [0.15, 0.2) is 33.5 Å². The molecule has 2 N–H and O–H groups in total. The normalized spacial score (nSPS) is 12.2. The van der Waals surface area contributed by atoms with E-state index < -0.39 is 9.84 Å². The van der Waals surface area contributed by atoms with Gasteiger partial charge in [0.25, 0.3) is 0 Å². The SMILES string of the molecule is CCNC(=NCc1ccc(S(C)(=O)=O)c(C)c1)NCCc1csc(CC)n1. The van der Waals surface area contributed by atoms with Crippen LogP contribution >= 0.6 is 11.3 Å². The van der Waals surface area contributed by atoms with Crippen molar-refractivity contribution in [3.63, 3.8) is 0 Å². The summed E-state index contributed by atoms with van der Waals surface area (Å²) in [6.45, 7) is 7.96. The van der Waals surface area contributed by atoms with E-state index in [1.807, 2.05) is 26.0 Å². The van der Waals surface area contributed by atoms with Crippen LogP contribution in [0.25, 0.3) is 0 Å². The van der Waals surface area contributed by atoms with Crippen molar-refractivity contribution in [1.82, 2.24) is 15.6 Å². The van der Waals surface area contributed by atoms with Gasteiger partial charge in [0.15, 0.2) is 15.8 Å². The highest BCUT2D eigenvalue weighted by molar-refractivity contribution is 7.90. The summed E-state index contributed by atoms with van der Waals surface area (Å²) >= 11 is 1.70. The van der Waals surface area contributed by atoms with Crippen LogP contribution in [0.3, 0.4) is 0 Å². The van der Waals surface area contributed by atoms with E-state index in [1.54, 1.807) is 17.4 Å². The zero-order chi connectivity index (χ0) is 19.9. The molecule has 0 amide bonds. The van der Waals surface area contributed by atoms with E-state index >= 15 is 0 Å². The molecule has 0 aliphatic rings. The Balaban J connectivity index is 1.97. The van der Waals surface area contributed by atoms with Gasteiger partial charge in [-0.25, -0.2) is 18.4 Å². The molecule has 0 fully saturated rings. The highest BCUT2D eigenvalue weighted by atomic mass is 32.2. The molecule has 8 heteroatoms. The maximum atomic E-state index is 11.7. The second kappa shape index (κ2) is 9.85. The number of aryl methyl sites for hydroxylation is 2. The zero-order valence-electron chi connectivity index (χ0n) is 16.4. The van der Waals surface area contributed by atoms with Crippen molar-refractivity contribution in [1.29, 1.82) is 0 Å². The van der Waals surface area contributed by atoms with E-state index in [0.717, 1.165) is 48.7 Å². The van der Waals surface area contributed by atoms with Gasteiger partial charge >= 0.3 is 0 Å². The smallest absolute Gasteiger partial charge is 0.191 e. The number of benzene rings is 1. The van der Waals surface area contributed by atoms with Crippen molar-refractivity contribution >= 4 is 27.1 Å². The van der Waals surface area contributed by atoms with Crippen LogP contribution in [0, 0.1) is 6.92 Å². The van der Waals surface area contributed by atoms with Crippen LogP contribution in [0.4, 0.5) is 0 Å². The minimum atomic E-state index is -3.19. The summed E-state index contributed by atoms with van der Waals surface area (Å²) in [5, 5.41) is 9.83.